The van der Waals surface area contributed by atoms with Crippen molar-refractivity contribution in [3.63, 3.8) is 0 Å². The molecule has 1 aliphatic heterocycles. The highest BCUT2D eigenvalue weighted by Gasteiger charge is 2.34. The molecule has 3 nitrogen and oxygen atoms in total. The van der Waals surface area contributed by atoms with Crippen molar-refractivity contribution in [1.82, 2.24) is 5.32 Å². The molecule has 1 aromatic rings. The molecule has 1 unspecified atom stereocenters. The largest absolute Gasteiger partial charge is 0.459 e. The number of piperidine rings is 1. The second-order valence-electron chi connectivity index (χ2n) is 6.61. The Hall–Kier alpha value is -1.61. The molecule has 0 spiro atoms. The van der Waals surface area contributed by atoms with Gasteiger partial charge in [0.2, 0.25) is 0 Å². The van der Waals surface area contributed by atoms with E-state index in [1.807, 2.05) is 63.3 Å². The molecule has 1 fully saturated rings. The fourth-order valence-electron chi connectivity index (χ4n) is 2.85. The Kier molecular flexibility index (Phi) is 5.78. The summed E-state index contributed by atoms with van der Waals surface area (Å²) in [4.78, 5) is 12.3. The Bertz CT molecular complexity index is 501. The molecule has 1 N–H and O–H groups in total. The SMILES string of the molecule is CC(/C=C/c1ccccc1)C(=O)OC(C)(C)C1CCNCC1. The van der Waals surface area contributed by atoms with E-state index < -0.39 is 5.60 Å². The first-order valence-corrected chi connectivity index (χ1v) is 8.16. The molecule has 1 heterocycles. The fourth-order valence-corrected chi connectivity index (χ4v) is 2.85. The summed E-state index contributed by atoms with van der Waals surface area (Å²) in [5.41, 5.74) is 0.702. The molecule has 0 aromatic heterocycles. The van der Waals surface area contributed by atoms with Crippen molar-refractivity contribution in [2.24, 2.45) is 11.8 Å². The van der Waals surface area contributed by atoms with Gasteiger partial charge in [-0.15, -0.1) is 0 Å². The molecule has 1 atom stereocenters. The van der Waals surface area contributed by atoms with E-state index in [-0.39, 0.29) is 11.9 Å². The Balaban J connectivity index is 1.91. The number of hydrogen-bond acceptors (Lipinski definition) is 3. The minimum absolute atomic E-state index is 0.143. The maximum Gasteiger partial charge on any atom is 0.313 e. The number of rotatable bonds is 5. The number of ether oxygens (including phenoxy) is 1. The summed E-state index contributed by atoms with van der Waals surface area (Å²) in [6.07, 6.45) is 6.02. The summed E-state index contributed by atoms with van der Waals surface area (Å²) in [7, 11) is 0. The lowest BCUT2D eigenvalue weighted by Gasteiger charge is -2.37. The minimum atomic E-state index is -0.395. The number of benzene rings is 1. The summed E-state index contributed by atoms with van der Waals surface area (Å²) in [6, 6.07) is 10.0. The molecule has 120 valence electrons. The molecule has 1 saturated heterocycles. The number of nitrogens with one attached hydrogen (secondary N) is 1. The predicted molar refractivity (Wildman–Crippen MR) is 90.4 cm³/mol. The highest BCUT2D eigenvalue weighted by atomic mass is 16.6. The predicted octanol–water partition coefficient (Wildman–Crippen LogP) is 3.66. The van der Waals surface area contributed by atoms with Gasteiger partial charge in [0, 0.05) is 5.92 Å². The lowest BCUT2D eigenvalue weighted by molar-refractivity contribution is -0.165. The molecule has 0 aliphatic carbocycles. The molecule has 0 radical (unpaired) electrons. The molecule has 3 heteroatoms. The lowest BCUT2D eigenvalue weighted by atomic mass is 9.83. The van der Waals surface area contributed by atoms with Gasteiger partial charge < -0.3 is 10.1 Å². The molecule has 0 saturated carbocycles. The molecular formula is C19H27NO2. The van der Waals surface area contributed by atoms with Crippen LogP contribution in [0.15, 0.2) is 36.4 Å². The van der Waals surface area contributed by atoms with Crippen molar-refractivity contribution in [1.29, 1.82) is 0 Å². The zero-order chi connectivity index (χ0) is 16.0. The normalized spacial score (nSPS) is 18.3. The first kappa shape index (κ1) is 16.8. The topological polar surface area (TPSA) is 38.3 Å². The lowest BCUT2D eigenvalue weighted by Crippen LogP contribution is -2.43. The van der Waals surface area contributed by atoms with Crippen LogP contribution in [-0.2, 0) is 9.53 Å². The highest BCUT2D eigenvalue weighted by Crippen LogP contribution is 2.29. The van der Waals surface area contributed by atoms with Crippen LogP contribution in [0.3, 0.4) is 0 Å². The summed E-state index contributed by atoms with van der Waals surface area (Å²) in [5, 5.41) is 3.35. The maximum atomic E-state index is 12.3. The van der Waals surface area contributed by atoms with Gasteiger partial charge in [-0.1, -0.05) is 42.5 Å². The number of esters is 1. The Morgan fingerprint density at radius 1 is 1.27 bits per heavy atom. The molecule has 2 rings (SSSR count). The van der Waals surface area contributed by atoms with Gasteiger partial charge in [-0.05, 0) is 52.3 Å². The minimum Gasteiger partial charge on any atom is -0.459 e. The summed E-state index contributed by atoms with van der Waals surface area (Å²) in [5.74, 6) is 0.0555. The van der Waals surface area contributed by atoms with Crippen molar-refractivity contribution in [3.8, 4) is 0 Å². The van der Waals surface area contributed by atoms with Gasteiger partial charge in [0.15, 0.2) is 0 Å². The average Bonchev–Trinajstić information content (AvgIpc) is 2.54. The van der Waals surface area contributed by atoms with Crippen LogP contribution < -0.4 is 5.32 Å². The van der Waals surface area contributed by atoms with E-state index in [4.69, 9.17) is 4.74 Å². The molecule has 0 amide bonds. The number of carbonyl (C=O) groups is 1. The molecule has 1 aromatic carbocycles. The number of hydrogen-bond donors (Lipinski definition) is 1. The second kappa shape index (κ2) is 7.59. The third kappa shape index (κ3) is 4.70. The molecule has 1 aliphatic rings. The first-order valence-electron chi connectivity index (χ1n) is 8.16. The van der Waals surface area contributed by atoms with Crippen molar-refractivity contribution >= 4 is 12.0 Å². The first-order chi connectivity index (χ1) is 10.5. The van der Waals surface area contributed by atoms with Gasteiger partial charge in [-0.2, -0.15) is 0 Å². The maximum absolute atomic E-state index is 12.3. The van der Waals surface area contributed by atoms with Crippen LogP contribution >= 0.6 is 0 Å². The van der Waals surface area contributed by atoms with E-state index in [1.54, 1.807) is 0 Å². The van der Waals surface area contributed by atoms with Crippen LogP contribution in [0.4, 0.5) is 0 Å². The van der Waals surface area contributed by atoms with Crippen molar-refractivity contribution in [2.75, 3.05) is 13.1 Å². The quantitative estimate of drug-likeness (QED) is 0.844. The van der Waals surface area contributed by atoms with Crippen LogP contribution in [0.2, 0.25) is 0 Å². The van der Waals surface area contributed by atoms with Crippen LogP contribution in [0, 0.1) is 11.8 Å². The van der Waals surface area contributed by atoms with Gasteiger partial charge in [-0.3, -0.25) is 4.79 Å². The Morgan fingerprint density at radius 3 is 2.55 bits per heavy atom. The fraction of sp³-hybridized carbons (Fsp3) is 0.526. The van der Waals surface area contributed by atoms with Gasteiger partial charge in [0.1, 0.15) is 5.60 Å². The van der Waals surface area contributed by atoms with Crippen molar-refractivity contribution in [3.05, 3.63) is 42.0 Å². The van der Waals surface area contributed by atoms with Crippen LogP contribution in [0.1, 0.15) is 39.2 Å². The third-order valence-electron chi connectivity index (χ3n) is 4.43. The van der Waals surface area contributed by atoms with E-state index in [0.717, 1.165) is 31.5 Å². The molecule has 0 bridgehead atoms. The van der Waals surface area contributed by atoms with Crippen LogP contribution in [-0.4, -0.2) is 24.7 Å². The van der Waals surface area contributed by atoms with E-state index in [1.165, 1.54) is 0 Å². The van der Waals surface area contributed by atoms with Gasteiger partial charge in [-0.25, -0.2) is 0 Å². The van der Waals surface area contributed by atoms with E-state index in [2.05, 4.69) is 5.32 Å². The zero-order valence-corrected chi connectivity index (χ0v) is 13.8. The standard InChI is InChI=1S/C19H27NO2/c1-15(9-10-16-7-5-4-6-8-16)18(21)22-19(2,3)17-11-13-20-14-12-17/h4-10,15,17,20H,11-14H2,1-3H3/b10-9+. The summed E-state index contributed by atoms with van der Waals surface area (Å²) in [6.45, 7) is 7.98. The second-order valence-corrected chi connectivity index (χ2v) is 6.61. The Morgan fingerprint density at radius 2 is 1.91 bits per heavy atom. The van der Waals surface area contributed by atoms with Gasteiger partial charge >= 0.3 is 5.97 Å². The highest BCUT2D eigenvalue weighted by molar-refractivity contribution is 5.76. The van der Waals surface area contributed by atoms with Crippen molar-refractivity contribution in [2.45, 2.75) is 39.2 Å². The molecule has 22 heavy (non-hydrogen) atoms. The molecular weight excluding hydrogens is 274 g/mol. The van der Waals surface area contributed by atoms with Crippen LogP contribution in [0.5, 0.6) is 0 Å². The van der Waals surface area contributed by atoms with Crippen molar-refractivity contribution < 1.29 is 9.53 Å². The number of carbonyl (C=O) groups excluding carboxylic acids is 1. The Labute approximate surface area is 133 Å². The van der Waals surface area contributed by atoms with Gasteiger partial charge in [0.25, 0.3) is 0 Å². The van der Waals surface area contributed by atoms with E-state index in [0.29, 0.717) is 5.92 Å². The van der Waals surface area contributed by atoms with E-state index in [9.17, 15) is 4.79 Å². The summed E-state index contributed by atoms with van der Waals surface area (Å²) >= 11 is 0. The van der Waals surface area contributed by atoms with Gasteiger partial charge in [0.05, 0.1) is 5.92 Å². The monoisotopic (exact) mass is 301 g/mol. The average molecular weight is 301 g/mol. The zero-order valence-electron chi connectivity index (χ0n) is 13.8. The summed E-state index contributed by atoms with van der Waals surface area (Å²) < 4.78 is 5.81. The third-order valence-corrected chi connectivity index (χ3v) is 4.43. The van der Waals surface area contributed by atoms with E-state index >= 15 is 0 Å². The van der Waals surface area contributed by atoms with Crippen LogP contribution in [0.25, 0.3) is 6.08 Å². The smallest absolute Gasteiger partial charge is 0.313 e.